The molecule has 0 atom stereocenters. The topological polar surface area (TPSA) is 69.6 Å². The van der Waals surface area contributed by atoms with Gasteiger partial charge in [-0.05, 0) is 41.2 Å². The van der Waals surface area contributed by atoms with Gasteiger partial charge in [0.2, 0.25) is 0 Å². The Balaban J connectivity index is 2.30. The van der Waals surface area contributed by atoms with Crippen LogP contribution < -0.4 is 14.8 Å². The molecule has 29 heavy (non-hydrogen) atoms. The first kappa shape index (κ1) is 20.3. The average Bonchev–Trinajstić information content (AvgIpc) is 2.99. The van der Waals surface area contributed by atoms with Gasteiger partial charge in [0, 0.05) is 0 Å². The summed E-state index contributed by atoms with van der Waals surface area (Å²) in [5, 5.41) is 18.8. The molecule has 1 aromatic heterocycles. The molecule has 0 aliphatic rings. The summed E-state index contributed by atoms with van der Waals surface area (Å²) in [6.07, 6.45) is 1.81. The van der Waals surface area contributed by atoms with Gasteiger partial charge in [0.1, 0.15) is 16.8 Å². The van der Waals surface area contributed by atoms with E-state index in [-0.39, 0.29) is 16.5 Å². The highest BCUT2D eigenvalue weighted by Gasteiger charge is 2.14. The Morgan fingerprint density at radius 1 is 1.03 bits per heavy atom. The lowest BCUT2D eigenvalue weighted by Crippen LogP contribution is -2.31. The molecule has 2 aromatic carbocycles. The quantitative estimate of drug-likeness (QED) is 0.662. The number of hydrogen-bond acceptors (Lipinski definition) is 4. The summed E-state index contributed by atoms with van der Waals surface area (Å²) >= 11 is 1.16. The number of rotatable bonds is 2. The van der Waals surface area contributed by atoms with Crippen LogP contribution in [-0.4, -0.2) is 4.57 Å². The Labute approximate surface area is 173 Å². The monoisotopic (exact) mass is 399 g/mol. The van der Waals surface area contributed by atoms with Crippen LogP contribution >= 0.6 is 11.3 Å². The Bertz CT molecular complexity index is 1310. The summed E-state index contributed by atoms with van der Waals surface area (Å²) in [5.41, 5.74) is 3.42. The molecule has 0 saturated carbocycles. The number of nitriles is 2. The molecule has 4 nitrogen and oxygen atoms in total. The van der Waals surface area contributed by atoms with Gasteiger partial charge in [0.05, 0.1) is 10.2 Å². The molecule has 0 aliphatic heterocycles. The van der Waals surface area contributed by atoms with Crippen LogP contribution in [0.2, 0.25) is 0 Å². The van der Waals surface area contributed by atoms with Gasteiger partial charge in [-0.15, -0.1) is 11.3 Å². The van der Waals surface area contributed by atoms with E-state index in [1.54, 1.807) is 0 Å². The first-order valence-electron chi connectivity index (χ1n) is 9.21. The highest BCUT2D eigenvalue weighted by Crippen LogP contribution is 2.22. The van der Waals surface area contributed by atoms with Crippen LogP contribution in [0.3, 0.4) is 0 Å². The van der Waals surface area contributed by atoms with Gasteiger partial charge in [0.25, 0.3) is 5.56 Å². The molecule has 0 saturated heterocycles. The third-order valence-corrected chi connectivity index (χ3v) is 5.78. The van der Waals surface area contributed by atoms with Crippen molar-refractivity contribution >= 4 is 23.0 Å². The molecule has 0 spiro atoms. The molecule has 3 aromatic rings. The second kappa shape index (κ2) is 7.91. The molecular weight excluding hydrogens is 378 g/mol. The summed E-state index contributed by atoms with van der Waals surface area (Å²) in [4.78, 5) is 13.2. The molecule has 0 amide bonds. The largest absolute Gasteiger partial charge is 0.273 e. The van der Waals surface area contributed by atoms with Crippen molar-refractivity contribution in [2.45, 2.75) is 33.1 Å². The van der Waals surface area contributed by atoms with E-state index in [1.165, 1.54) is 10.1 Å². The van der Waals surface area contributed by atoms with Gasteiger partial charge in [-0.2, -0.15) is 10.5 Å². The molecule has 0 unspecified atom stereocenters. The maximum absolute atomic E-state index is 13.2. The Kier molecular flexibility index (Phi) is 5.55. The van der Waals surface area contributed by atoms with Gasteiger partial charge >= 0.3 is 0 Å². The highest BCUT2D eigenvalue weighted by molar-refractivity contribution is 7.07. The van der Waals surface area contributed by atoms with E-state index in [0.29, 0.717) is 14.9 Å². The van der Waals surface area contributed by atoms with Crippen molar-refractivity contribution in [3.63, 3.8) is 0 Å². The van der Waals surface area contributed by atoms with E-state index in [1.807, 2.05) is 61.5 Å². The van der Waals surface area contributed by atoms with Gasteiger partial charge in [-0.1, -0.05) is 63.2 Å². The number of hydrogen-bond donors (Lipinski definition) is 0. The SMILES string of the molecule is Cc1ccccc1-n1c(=C(C#N)C#N)sc(=Cc2ccc(C(C)(C)C)cc2)c1=O. The number of aromatic nitrogens is 1. The second-order valence-corrected chi connectivity index (χ2v) is 8.84. The Hall–Kier alpha value is -3.41. The summed E-state index contributed by atoms with van der Waals surface area (Å²) < 4.78 is 2.30. The standard InChI is InChI=1S/C24H21N3OS/c1-16-7-5-6-8-20(16)27-22(28)21(29-23(27)18(14-25)15-26)13-17-9-11-19(12-10-17)24(2,3)4/h5-13H,1-4H3. The lowest BCUT2D eigenvalue weighted by molar-refractivity contribution is 0.590. The third-order valence-electron chi connectivity index (χ3n) is 4.69. The van der Waals surface area contributed by atoms with Gasteiger partial charge < -0.3 is 0 Å². The van der Waals surface area contributed by atoms with Crippen LogP contribution in [-0.2, 0) is 5.41 Å². The van der Waals surface area contributed by atoms with Crippen molar-refractivity contribution in [1.82, 2.24) is 4.57 Å². The van der Waals surface area contributed by atoms with E-state index in [4.69, 9.17) is 0 Å². The Morgan fingerprint density at radius 2 is 1.66 bits per heavy atom. The molecule has 3 rings (SSSR count). The maximum Gasteiger partial charge on any atom is 0.273 e. The van der Waals surface area contributed by atoms with Gasteiger partial charge in [0.15, 0.2) is 5.57 Å². The number of aryl methyl sites for hydroxylation is 1. The zero-order valence-electron chi connectivity index (χ0n) is 16.9. The predicted molar refractivity (Wildman–Crippen MR) is 117 cm³/mol. The highest BCUT2D eigenvalue weighted by atomic mass is 32.1. The Morgan fingerprint density at radius 3 is 2.21 bits per heavy atom. The molecule has 0 N–H and O–H groups in total. The summed E-state index contributed by atoms with van der Waals surface area (Å²) in [5.74, 6) is 0. The lowest BCUT2D eigenvalue weighted by atomic mass is 9.87. The number of para-hydroxylation sites is 1. The van der Waals surface area contributed by atoms with Crippen LogP contribution in [0, 0.1) is 29.6 Å². The molecule has 144 valence electrons. The van der Waals surface area contributed by atoms with Crippen molar-refractivity contribution in [3.05, 3.63) is 84.8 Å². The van der Waals surface area contributed by atoms with Crippen molar-refractivity contribution in [2.75, 3.05) is 0 Å². The zero-order chi connectivity index (χ0) is 21.2. The molecule has 0 bridgehead atoms. The summed E-state index contributed by atoms with van der Waals surface area (Å²) in [6.45, 7) is 8.36. The lowest BCUT2D eigenvalue weighted by Gasteiger charge is -2.18. The maximum atomic E-state index is 13.2. The minimum Gasteiger partial charge on any atom is -0.267 e. The summed E-state index contributed by atoms with van der Waals surface area (Å²) in [6, 6.07) is 19.4. The van der Waals surface area contributed by atoms with Crippen molar-refractivity contribution in [1.29, 1.82) is 10.5 Å². The molecule has 0 aliphatic carbocycles. The third kappa shape index (κ3) is 4.06. The van der Waals surface area contributed by atoms with Crippen molar-refractivity contribution in [2.24, 2.45) is 0 Å². The smallest absolute Gasteiger partial charge is 0.267 e. The number of thiazole rings is 1. The van der Waals surface area contributed by atoms with Crippen LogP contribution in [0.4, 0.5) is 0 Å². The van der Waals surface area contributed by atoms with E-state index >= 15 is 0 Å². The van der Waals surface area contributed by atoms with Gasteiger partial charge in [-0.3, -0.25) is 9.36 Å². The molecular formula is C24H21N3OS. The minimum atomic E-state index is -0.234. The van der Waals surface area contributed by atoms with E-state index < -0.39 is 0 Å². The van der Waals surface area contributed by atoms with E-state index in [0.717, 1.165) is 22.5 Å². The molecule has 0 fully saturated rings. The average molecular weight is 400 g/mol. The minimum absolute atomic E-state index is 0.0512. The van der Waals surface area contributed by atoms with Crippen LogP contribution in [0.5, 0.6) is 0 Å². The first-order chi connectivity index (χ1) is 13.8. The van der Waals surface area contributed by atoms with Gasteiger partial charge in [-0.25, -0.2) is 0 Å². The summed E-state index contributed by atoms with van der Waals surface area (Å²) in [7, 11) is 0. The molecule has 5 heteroatoms. The number of nitrogens with zero attached hydrogens (tertiary/aromatic N) is 3. The van der Waals surface area contributed by atoms with E-state index in [9.17, 15) is 15.3 Å². The fourth-order valence-electron chi connectivity index (χ4n) is 3.03. The van der Waals surface area contributed by atoms with E-state index in [2.05, 4.69) is 32.9 Å². The normalized spacial score (nSPS) is 11.7. The fraction of sp³-hybridized carbons (Fsp3) is 0.208. The fourth-order valence-corrected chi connectivity index (χ4v) is 4.08. The second-order valence-electron chi connectivity index (χ2n) is 7.81. The molecule has 1 heterocycles. The van der Waals surface area contributed by atoms with Crippen LogP contribution in [0.25, 0.3) is 17.3 Å². The zero-order valence-corrected chi connectivity index (χ0v) is 17.7. The first-order valence-corrected chi connectivity index (χ1v) is 10.0. The van der Waals surface area contributed by atoms with Crippen molar-refractivity contribution < 1.29 is 0 Å². The molecule has 0 radical (unpaired) electrons. The van der Waals surface area contributed by atoms with Crippen LogP contribution in [0.1, 0.15) is 37.5 Å². The van der Waals surface area contributed by atoms with Crippen molar-refractivity contribution in [3.8, 4) is 17.8 Å². The number of benzene rings is 2. The van der Waals surface area contributed by atoms with Crippen LogP contribution in [0.15, 0.2) is 53.3 Å². The predicted octanol–water partition coefficient (Wildman–Crippen LogP) is 3.53.